The molecule has 11 nitrogen and oxygen atoms in total. The second kappa shape index (κ2) is 15.0. The standard InChI is InChI=1S/C40H39BrO11/c1-12-26-24(10)29(38(46)51-35-21(7)18(4)31(37(44)45)19(5)22(35)8)17(3)14-27(26)50-40(48)32-20(6)23(9)36(33(41)34(32)43)52-39(47)30-16(2)13-25(42)15-28(30)49-11/h12-15,30,43H,1H2,2-11H3,(H,44,45). The molecule has 1 unspecified atom stereocenters. The molecule has 0 spiro atoms. The van der Waals surface area contributed by atoms with Crippen molar-refractivity contribution in [1.29, 1.82) is 0 Å². The van der Waals surface area contributed by atoms with Crippen molar-refractivity contribution in [2.75, 3.05) is 7.11 Å². The van der Waals surface area contributed by atoms with Crippen LogP contribution < -0.4 is 14.2 Å². The number of phenols is 1. The van der Waals surface area contributed by atoms with Crippen LogP contribution in [0, 0.1) is 61.3 Å². The number of carboxylic acid groups (broad SMARTS) is 1. The number of phenolic OH excluding ortho intramolecular Hbond substituents is 1. The number of carbonyl (C=O) groups is 5. The van der Waals surface area contributed by atoms with Gasteiger partial charge in [-0.2, -0.15) is 0 Å². The molecule has 3 aromatic carbocycles. The number of hydrogen-bond donors (Lipinski definition) is 2. The SMILES string of the molecule is C=Cc1c(OC(=O)c2c(C)c(C)c(OC(=O)C3C(C)=CC(=O)C=C3OC)c(Br)c2O)cc(C)c(C(=O)Oc2c(C)c(C)c(C(=O)O)c(C)c2C)c1C. The van der Waals surface area contributed by atoms with Crippen molar-refractivity contribution < 1.29 is 53.1 Å². The molecule has 1 aliphatic carbocycles. The van der Waals surface area contributed by atoms with Crippen LogP contribution in [0.25, 0.3) is 6.08 Å². The molecule has 52 heavy (non-hydrogen) atoms. The highest BCUT2D eigenvalue weighted by atomic mass is 79.9. The van der Waals surface area contributed by atoms with Gasteiger partial charge in [0.25, 0.3) is 0 Å². The first-order chi connectivity index (χ1) is 24.3. The lowest BCUT2D eigenvalue weighted by Crippen LogP contribution is -2.28. The molecule has 1 aliphatic rings. The molecule has 0 aromatic heterocycles. The van der Waals surface area contributed by atoms with Crippen LogP contribution in [-0.4, -0.2) is 47.0 Å². The number of esters is 3. The molecular formula is C40H39BrO11. The van der Waals surface area contributed by atoms with Crippen LogP contribution in [0.1, 0.15) is 88.1 Å². The van der Waals surface area contributed by atoms with Crippen LogP contribution in [0.4, 0.5) is 0 Å². The summed E-state index contributed by atoms with van der Waals surface area (Å²) in [5.74, 6) is -4.93. The fourth-order valence-electron chi connectivity index (χ4n) is 6.38. The zero-order valence-corrected chi connectivity index (χ0v) is 32.1. The van der Waals surface area contributed by atoms with Crippen molar-refractivity contribution >= 4 is 51.7 Å². The Morgan fingerprint density at radius 1 is 0.750 bits per heavy atom. The molecule has 12 heteroatoms. The average molecular weight is 776 g/mol. The number of halogens is 1. The van der Waals surface area contributed by atoms with Crippen LogP contribution in [0.15, 0.2) is 40.6 Å². The van der Waals surface area contributed by atoms with Crippen molar-refractivity contribution in [3.05, 3.63) is 107 Å². The van der Waals surface area contributed by atoms with E-state index < -0.39 is 35.5 Å². The zero-order chi connectivity index (χ0) is 39.1. The predicted octanol–water partition coefficient (Wildman–Crippen LogP) is 7.98. The van der Waals surface area contributed by atoms with E-state index >= 15 is 0 Å². The number of rotatable bonds is 9. The van der Waals surface area contributed by atoms with Gasteiger partial charge in [-0.1, -0.05) is 12.7 Å². The van der Waals surface area contributed by atoms with Crippen LogP contribution >= 0.6 is 15.9 Å². The highest BCUT2D eigenvalue weighted by Gasteiger charge is 2.34. The van der Waals surface area contributed by atoms with E-state index in [1.165, 1.54) is 31.4 Å². The molecule has 3 aromatic rings. The van der Waals surface area contributed by atoms with Gasteiger partial charge in [-0.25, -0.2) is 14.4 Å². The van der Waals surface area contributed by atoms with Gasteiger partial charge in [0.2, 0.25) is 0 Å². The molecular weight excluding hydrogens is 736 g/mol. The Bertz CT molecular complexity index is 2130. The van der Waals surface area contributed by atoms with E-state index in [0.717, 1.165) is 0 Å². The Hall–Kier alpha value is -5.49. The summed E-state index contributed by atoms with van der Waals surface area (Å²) >= 11 is 3.27. The van der Waals surface area contributed by atoms with E-state index in [1.54, 1.807) is 62.3 Å². The Balaban J connectivity index is 1.68. The van der Waals surface area contributed by atoms with Crippen LogP contribution in [0.3, 0.4) is 0 Å². The van der Waals surface area contributed by atoms with Crippen LogP contribution in [0.5, 0.6) is 23.0 Å². The largest absolute Gasteiger partial charge is 0.506 e. The van der Waals surface area contributed by atoms with E-state index in [9.17, 15) is 34.2 Å². The van der Waals surface area contributed by atoms with Gasteiger partial charge in [-0.15, -0.1) is 0 Å². The number of allylic oxidation sites excluding steroid dienone is 2. The first kappa shape index (κ1) is 39.3. The quantitative estimate of drug-likeness (QED) is 0.160. The maximum absolute atomic E-state index is 13.7. The van der Waals surface area contributed by atoms with E-state index in [4.69, 9.17) is 18.9 Å². The minimum atomic E-state index is -1.07. The lowest BCUT2D eigenvalue weighted by atomic mass is 9.92. The number of aromatic carboxylic acids is 1. The Kier molecular flexibility index (Phi) is 11.3. The van der Waals surface area contributed by atoms with Crippen molar-refractivity contribution in [3.63, 3.8) is 0 Å². The van der Waals surface area contributed by atoms with E-state index in [1.807, 2.05) is 0 Å². The molecule has 0 heterocycles. The van der Waals surface area contributed by atoms with Gasteiger partial charge in [0.1, 0.15) is 39.0 Å². The Morgan fingerprint density at radius 2 is 1.29 bits per heavy atom. The van der Waals surface area contributed by atoms with Gasteiger partial charge in [0.15, 0.2) is 11.5 Å². The van der Waals surface area contributed by atoms with Crippen LogP contribution in [0.2, 0.25) is 0 Å². The second-order valence-corrected chi connectivity index (χ2v) is 13.4. The smallest absolute Gasteiger partial charge is 0.347 e. The number of benzene rings is 3. The summed E-state index contributed by atoms with van der Waals surface area (Å²) in [5.41, 5.74) is 4.35. The molecule has 0 amide bonds. The van der Waals surface area contributed by atoms with E-state index in [0.29, 0.717) is 50.1 Å². The fourth-order valence-corrected chi connectivity index (χ4v) is 6.96. The summed E-state index contributed by atoms with van der Waals surface area (Å²) in [6, 6.07) is 1.48. The number of aromatic hydroxyl groups is 1. The lowest BCUT2D eigenvalue weighted by Gasteiger charge is -2.23. The van der Waals surface area contributed by atoms with Gasteiger partial charge >= 0.3 is 23.9 Å². The summed E-state index contributed by atoms with van der Waals surface area (Å²) in [7, 11) is 1.34. The third-order valence-electron chi connectivity index (χ3n) is 9.56. The Labute approximate surface area is 309 Å². The van der Waals surface area contributed by atoms with Crippen molar-refractivity contribution in [3.8, 4) is 23.0 Å². The first-order valence-electron chi connectivity index (χ1n) is 16.0. The highest BCUT2D eigenvalue weighted by Crippen LogP contribution is 2.44. The number of ether oxygens (including phenoxy) is 4. The van der Waals surface area contributed by atoms with Crippen molar-refractivity contribution in [2.45, 2.75) is 62.3 Å². The number of carbonyl (C=O) groups excluding carboxylic acids is 4. The molecule has 0 bridgehead atoms. The molecule has 0 fully saturated rings. The number of hydrogen-bond acceptors (Lipinski definition) is 10. The molecule has 0 saturated heterocycles. The van der Waals surface area contributed by atoms with Gasteiger partial charge in [-0.05, 0) is 140 Å². The number of carboxylic acids is 1. The summed E-state index contributed by atoms with van der Waals surface area (Å²) in [5, 5.41) is 20.9. The molecule has 0 aliphatic heterocycles. The maximum Gasteiger partial charge on any atom is 0.347 e. The minimum Gasteiger partial charge on any atom is -0.506 e. The predicted molar refractivity (Wildman–Crippen MR) is 197 cm³/mol. The molecule has 0 radical (unpaired) electrons. The summed E-state index contributed by atoms with van der Waals surface area (Å²) < 4.78 is 22.6. The van der Waals surface area contributed by atoms with E-state index in [2.05, 4.69) is 22.5 Å². The molecule has 4 rings (SSSR count). The topological polar surface area (TPSA) is 163 Å². The lowest BCUT2D eigenvalue weighted by molar-refractivity contribution is -0.137. The van der Waals surface area contributed by atoms with Crippen molar-refractivity contribution in [2.24, 2.45) is 5.92 Å². The normalized spacial score (nSPS) is 13.9. The fraction of sp³-hybridized carbons (Fsp3) is 0.275. The summed E-state index contributed by atoms with van der Waals surface area (Å²) in [4.78, 5) is 64.5. The molecule has 2 N–H and O–H groups in total. The molecule has 1 atom stereocenters. The van der Waals surface area contributed by atoms with Gasteiger partial charge in [0.05, 0.1) is 18.2 Å². The summed E-state index contributed by atoms with van der Waals surface area (Å²) in [6.45, 7) is 18.6. The Morgan fingerprint density at radius 3 is 1.83 bits per heavy atom. The number of aryl methyl sites for hydroxylation is 1. The molecule has 0 saturated carbocycles. The third kappa shape index (κ3) is 6.90. The van der Waals surface area contributed by atoms with Gasteiger partial charge in [0, 0.05) is 11.6 Å². The number of methoxy groups -OCH3 is 1. The highest BCUT2D eigenvalue weighted by molar-refractivity contribution is 9.10. The monoisotopic (exact) mass is 774 g/mol. The number of ketones is 1. The van der Waals surface area contributed by atoms with Crippen molar-refractivity contribution in [1.82, 2.24) is 0 Å². The second-order valence-electron chi connectivity index (χ2n) is 12.6. The van der Waals surface area contributed by atoms with Crippen LogP contribution in [-0.2, 0) is 14.3 Å². The van der Waals surface area contributed by atoms with Gasteiger partial charge in [-0.3, -0.25) is 9.59 Å². The van der Waals surface area contributed by atoms with Gasteiger partial charge < -0.3 is 29.2 Å². The average Bonchev–Trinajstić information content (AvgIpc) is 3.06. The maximum atomic E-state index is 13.7. The third-order valence-corrected chi connectivity index (χ3v) is 10.3. The molecule has 272 valence electrons. The van der Waals surface area contributed by atoms with E-state index in [-0.39, 0.29) is 55.5 Å². The minimum absolute atomic E-state index is 0.0356. The first-order valence-corrected chi connectivity index (χ1v) is 16.8. The summed E-state index contributed by atoms with van der Waals surface area (Å²) in [6.07, 6.45) is 3.93. The zero-order valence-electron chi connectivity index (χ0n) is 30.5.